The Labute approximate surface area is 128 Å². The molecule has 0 saturated heterocycles. The van der Waals surface area contributed by atoms with Crippen LogP contribution in [0, 0.1) is 0 Å². The number of rotatable bonds is 3. The van der Waals surface area contributed by atoms with Gasteiger partial charge in [0.2, 0.25) is 0 Å². The highest BCUT2D eigenvalue weighted by Gasteiger charge is 2.35. The van der Waals surface area contributed by atoms with Gasteiger partial charge in [-0.05, 0) is 29.8 Å². The minimum atomic E-state index is -4.53. The lowest BCUT2D eigenvalue weighted by Gasteiger charge is -2.22. The maximum absolute atomic E-state index is 13.1. The van der Waals surface area contributed by atoms with Gasteiger partial charge < -0.3 is 0 Å². The summed E-state index contributed by atoms with van der Waals surface area (Å²) in [6.45, 7) is 0. The minimum absolute atomic E-state index is 0.128. The zero-order chi connectivity index (χ0) is 15.6. The maximum Gasteiger partial charge on any atom is 0.416 e. The van der Waals surface area contributed by atoms with Gasteiger partial charge in [0.25, 0.3) is 0 Å². The highest BCUT2D eigenvalue weighted by Crippen LogP contribution is 2.37. The van der Waals surface area contributed by atoms with Crippen molar-refractivity contribution in [2.45, 2.75) is 12.2 Å². The van der Waals surface area contributed by atoms with Crippen molar-refractivity contribution in [2.24, 2.45) is 5.84 Å². The average Bonchev–Trinajstić information content (AvgIpc) is 2.43. The van der Waals surface area contributed by atoms with E-state index in [2.05, 4.69) is 10.4 Å². The second kappa shape index (κ2) is 6.19. The highest BCUT2D eigenvalue weighted by molar-refractivity contribution is 6.33. The third kappa shape index (κ3) is 3.47. The molecule has 1 unspecified atom stereocenters. The Balaban J connectivity index is 2.60. The topological polar surface area (TPSA) is 50.9 Å². The summed E-state index contributed by atoms with van der Waals surface area (Å²) in [7, 11) is 0. The lowest BCUT2D eigenvalue weighted by molar-refractivity contribution is -0.138. The molecule has 8 heteroatoms. The first kappa shape index (κ1) is 16.0. The van der Waals surface area contributed by atoms with Crippen LogP contribution < -0.4 is 11.3 Å². The predicted octanol–water partition coefficient (Wildman–Crippen LogP) is 3.96. The van der Waals surface area contributed by atoms with E-state index >= 15 is 0 Å². The molecule has 0 fully saturated rings. The number of pyridine rings is 1. The van der Waals surface area contributed by atoms with E-state index in [1.807, 2.05) is 0 Å². The zero-order valence-electron chi connectivity index (χ0n) is 10.5. The number of hydrazine groups is 1. The summed E-state index contributed by atoms with van der Waals surface area (Å²) in [5.74, 6) is 5.42. The van der Waals surface area contributed by atoms with Gasteiger partial charge in [0.05, 0.1) is 11.6 Å². The van der Waals surface area contributed by atoms with Crippen LogP contribution in [0.5, 0.6) is 0 Å². The van der Waals surface area contributed by atoms with Crippen molar-refractivity contribution >= 4 is 23.2 Å². The number of halogens is 5. The smallest absolute Gasteiger partial charge is 0.271 e. The van der Waals surface area contributed by atoms with Crippen molar-refractivity contribution in [2.75, 3.05) is 0 Å². The Kier molecular flexibility index (Phi) is 4.73. The summed E-state index contributed by atoms with van der Waals surface area (Å²) < 4.78 is 39.3. The van der Waals surface area contributed by atoms with Crippen LogP contribution in [0.4, 0.5) is 13.2 Å². The van der Waals surface area contributed by atoms with Crippen molar-refractivity contribution in [3.8, 4) is 0 Å². The van der Waals surface area contributed by atoms with Gasteiger partial charge in [-0.25, -0.2) is 5.43 Å². The highest BCUT2D eigenvalue weighted by atomic mass is 35.5. The second-order valence-electron chi connectivity index (χ2n) is 4.23. The summed E-state index contributed by atoms with van der Waals surface area (Å²) >= 11 is 11.9. The Morgan fingerprint density at radius 3 is 2.48 bits per heavy atom. The van der Waals surface area contributed by atoms with E-state index in [0.29, 0.717) is 10.6 Å². The number of nitrogens with two attached hydrogens (primary N) is 1. The standard InChI is InChI=1S/C13H10Cl2F3N3/c14-7-1-2-11(15)8(5-7)12(21-19)9-6-20-4-3-10(9)13(16,17)18/h1-6,12,21H,19H2. The summed E-state index contributed by atoms with van der Waals surface area (Å²) in [5.41, 5.74) is 1.71. The Morgan fingerprint density at radius 2 is 1.86 bits per heavy atom. The summed E-state index contributed by atoms with van der Waals surface area (Å²) in [6.07, 6.45) is -2.36. The number of hydrogen-bond acceptors (Lipinski definition) is 3. The van der Waals surface area contributed by atoms with E-state index in [4.69, 9.17) is 29.0 Å². The van der Waals surface area contributed by atoms with Crippen LogP contribution >= 0.6 is 23.2 Å². The molecule has 0 spiro atoms. The van der Waals surface area contributed by atoms with Crippen molar-refractivity contribution in [3.63, 3.8) is 0 Å². The molecule has 1 aromatic carbocycles. The molecule has 2 rings (SSSR count). The molecule has 0 aliphatic carbocycles. The largest absolute Gasteiger partial charge is 0.416 e. The molecule has 2 aromatic rings. The number of nitrogens with one attached hydrogen (secondary N) is 1. The Bertz CT molecular complexity index is 647. The van der Waals surface area contributed by atoms with Crippen molar-refractivity contribution in [1.82, 2.24) is 10.4 Å². The second-order valence-corrected chi connectivity index (χ2v) is 5.07. The van der Waals surface area contributed by atoms with Gasteiger partial charge in [-0.15, -0.1) is 0 Å². The lowest BCUT2D eigenvalue weighted by Crippen LogP contribution is -2.31. The molecular weight excluding hydrogens is 326 g/mol. The van der Waals surface area contributed by atoms with Crippen LogP contribution in [0.25, 0.3) is 0 Å². The van der Waals surface area contributed by atoms with Gasteiger partial charge in [0, 0.05) is 28.0 Å². The molecule has 112 valence electrons. The monoisotopic (exact) mass is 335 g/mol. The van der Waals surface area contributed by atoms with Gasteiger partial charge in [-0.3, -0.25) is 10.8 Å². The molecule has 1 aromatic heterocycles. The predicted molar refractivity (Wildman–Crippen MR) is 74.9 cm³/mol. The zero-order valence-corrected chi connectivity index (χ0v) is 12.0. The molecule has 0 saturated carbocycles. The van der Waals surface area contributed by atoms with E-state index in [1.165, 1.54) is 18.2 Å². The molecule has 0 aliphatic heterocycles. The SMILES string of the molecule is NNC(c1cc(Cl)ccc1Cl)c1cnccc1C(F)(F)F. The fourth-order valence-corrected chi connectivity index (χ4v) is 2.38. The third-order valence-electron chi connectivity index (χ3n) is 2.90. The fraction of sp³-hybridized carbons (Fsp3) is 0.154. The summed E-state index contributed by atoms with van der Waals surface area (Å²) in [6, 6.07) is 4.39. The summed E-state index contributed by atoms with van der Waals surface area (Å²) in [4.78, 5) is 3.73. The van der Waals surface area contributed by atoms with Gasteiger partial charge in [0.15, 0.2) is 0 Å². The quantitative estimate of drug-likeness (QED) is 0.659. The minimum Gasteiger partial charge on any atom is -0.271 e. The number of benzene rings is 1. The third-order valence-corrected chi connectivity index (χ3v) is 3.48. The van der Waals surface area contributed by atoms with E-state index in [-0.39, 0.29) is 10.6 Å². The molecule has 0 amide bonds. The van der Waals surface area contributed by atoms with Crippen LogP contribution in [0.15, 0.2) is 36.7 Å². The first-order valence-electron chi connectivity index (χ1n) is 5.76. The molecule has 0 aliphatic rings. The van der Waals surface area contributed by atoms with Crippen LogP contribution in [0.2, 0.25) is 10.0 Å². The lowest BCUT2D eigenvalue weighted by atomic mass is 9.96. The molecule has 3 N–H and O–H groups in total. The van der Waals surface area contributed by atoms with Crippen molar-refractivity contribution in [3.05, 3.63) is 63.4 Å². The fourth-order valence-electron chi connectivity index (χ4n) is 1.98. The molecule has 1 atom stereocenters. The Morgan fingerprint density at radius 1 is 1.14 bits per heavy atom. The van der Waals surface area contributed by atoms with E-state index < -0.39 is 17.8 Å². The van der Waals surface area contributed by atoms with Gasteiger partial charge in [-0.2, -0.15) is 13.2 Å². The number of alkyl halides is 3. The number of aromatic nitrogens is 1. The van der Waals surface area contributed by atoms with Gasteiger partial charge >= 0.3 is 6.18 Å². The van der Waals surface area contributed by atoms with E-state index in [9.17, 15) is 13.2 Å². The molecule has 1 heterocycles. The van der Waals surface area contributed by atoms with Crippen LogP contribution in [-0.4, -0.2) is 4.98 Å². The first-order chi connectivity index (χ1) is 9.84. The van der Waals surface area contributed by atoms with Crippen LogP contribution in [0.1, 0.15) is 22.7 Å². The molecule has 21 heavy (non-hydrogen) atoms. The number of nitrogens with zero attached hydrogens (tertiary/aromatic N) is 1. The van der Waals surface area contributed by atoms with Crippen LogP contribution in [0.3, 0.4) is 0 Å². The first-order valence-corrected chi connectivity index (χ1v) is 6.52. The molecular formula is C13H10Cl2F3N3. The Hall–Kier alpha value is -1.34. The van der Waals surface area contributed by atoms with Crippen LogP contribution in [-0.2, 0) is 6.18 Å². The van der Waals surface area contributed by atoms with Gasteiger partial charge in [-0.1, -0.05) is 23.2 Å². The van der Waals surface area contributed by atoms with E-state index in [0.717, 1.165) is 18.5 Å². The summed E-state index contributed by atoms with van der Waals surface area (Å²) in [5, 5.41) is 0.589. The number of hydrogen-bond donors (Lipinski definition) is 2. The molecule has 0 radical (unpaired) electrons. The van der Waals surface area contributed by atoms with Crippen molar-refractivity contribution < 1.29 is 13.2 Å². The van der Waals surface area contributed by atoms with Crippen molar-refractivity contribution in [1.29, 1.82) is 0 Å². The van der Waals surface area contributed by atoms with Gasteiger partial charge in [0.1, 0.15) is 0 Å². The van der Waals surface area contributed by atoms with E-state index in [1.54, 1.807) is 0 Å². The molecule has 0 bridgehead atoms. The average molecular weight is 336 g/mol. The normalized spacial score (nSPS) is 13.2. The molecule has 3 nitrogen and oxygen atoms in total. The maximum atomic E-state index is 13.1.